The first kappa shape index (κ1) is 16.0. The van der Waals surface area contributed by atoms with Crippen molar-refractivity contribution >= 4 is 11.3 Å². The molecule has 1 heterocycles. The summed E-state index contributed by atoms with van der Waals surface area (Å²) in [6.07, 6.45) is 0. The number of benzene rings is 1. The van der Waals surface area contributed by atoms with Gasteiger partial charge in [-0.15, -0.1) is 11.3 Å². The number of aryl methyl sites for hydroxylation is 2. The van der Waals surface area contributed by atoms with Crippen molar-refractivity contribution in [3.8, 4) is 0 Å². The molecule has 0 fully saturated rings. The molecule has 21 heavy (non-hydrogen) atoms. The Morgan fingerprint density at radius 3 is 2.71 bits per heavy atom. The summed E-state index contributed by atoms with van der Waals surface area (Å²) in [6.45, 7) is 4.87. The lowest BCUT2D eigenvalue weighted by atomic mass is 10.1. The third-order valence-corrected chi connectivity index (χ3v) is 4.35. The fourth-order valence-corrected chi connectivity index (χ4v) is 3.01. The highest BCUT2D eigenvalue weighted by molar-refractivity contribution is 7.11. The number of nitrogens with one attached hydrogen (secondary N) is 1. The fourth-order valence-electron chi connectivity index (χ4n) is 1.99. The summed E-state index contributed by atoms with van der Waals surface area (Å²) < 4.78 is 32.5. The molecule has 0 bridgehead atoms. The Labute approximate surface area is 127 Å². The molecule has 2 aromatic rings. The van der Waals surface area contributed by atoms with Crippen LogP contribution in [0.3, 0.4) is 0 Å². The molecule has 0 radical (unpaired) electrons. The maximum Gasteiger partial charge on any atom is 0.128 e. The molecule has 1 aromatic carbocycles. The summed E-state index contributed by atoms with van der Waals surface area (Å²) >= 11 is 1.49. The van der Waals surface area contributed by atoms with E-state index in [0.717, 1.165) is 27.7 Å². The fraction of sp³-hybridized carbons (Fsp3) is 0.400. The van der Waals surface area contributed by atoms with Crippen LogP contribution < -0.4 is 5.32 Å². The number of ether oxygens (including phenoxy) is 1. The molecule has 114 valence electrons. The van der Waals surface area contributed by atoms with Gasteiger partial charge in [0.15, 0.2) is 0 Å². The average Bonchev–Trinajstić information content (AvgIpc) is 2.78. The van der Waals surface area contributed by atoms with Crippen LogP contribution >= 0.6 is 11.3 Å². The molecule has 0 aliphatic heterocycles. The van der Waals surface area contributed by atoms with Crippen LogP contribution in [0, 0.1) is 25.5 Å². The van der Waals surface area contributed by atoms with E-state index in [1.54, 1.807) is 7.11 Å². The van der Waals surface area contributed by atoms with Gasteiger partial charge in [0.25, 0.3) is 0 Å². The van der Waals surface area contributed by atoms with Crippen molar-refractivity contribution < 1.29 is 13.5 Å². The quantitative estimate of drug-likeness (QED) is 0.831. The molecule has 0 saturated heterocycles. The van der Waals surface area contributed by atoms with Crippen molar-refractivity contribution in [2.75, 3.05) is 20.3 Å². The molecular weight excluding hydrogens is 294 g/mol. The Bertz CT molecular complexity index is 596. The van der Waals surface area contributed by atoms with E-state index >= 15 is 0 Å². The lowest BCUT2D eigenvalue weighted by Crippen LogP contribution is -2.26. The zero-order chi connectivity index (χ0) is 15.4. The minimum atomic E-state index is -0.478. The van der Waals surface area contributed by atoms with Gasteiger partial charge in [0.2, 0.25) is 0 Å². The van der Waals surface area contributed by atoms with Crippen LogP contribution in [0.1, 0.15) is 27.2 Å². The van der Waals surface area contributed by atoms with Crippen molar-refractivity contribution in [2.45, 2.75) is 19.9 Å². The van der Waals surface area contributed by atoms with Gasteiger partial charge >= 0.3 is 0 Å². The van der Waals surface area contributed by atoms with Gasteiger partial charge in [-0.25, -0.2) is 13.8 Å². The average molecular weight is 312 g/mol. The number of nitrogens with zero attached hydrogens (tertiary/aromatic N) is 1. The Hall–Kier alpha value is -1.37. The molecule has 1 N–H and O–H groups in total. The lowest BCUT2D eigenvalue weighted by molar-refractivity contribution is 0.197. The summed E-state index contributed by atoms with van der Waals surface area (Å²) in [6, 6.07) is 2.99. The molecule has 1 atom stereocenters. The second-order valence-electron chi connectivity index (χ2n) is 4.74. The first-order chi connectivity index (χ1) is 10.0. The first-order valence-corrected chi connectivity index (χ1v) is 7.45. The van der Waals surface area contributed by atoms with E-state index in [9.17, 15) is 8.78 Å². The molecule has 0 saturated carbocycles. The van der Waals surface area contributed by atoms with Crippen molar-refractivity contribution in [3.05, 3.63) is 51.0 Å². The van der Waals surface area contributed by atoms with E-state index in [0.29, 0.717) is 13.2 Å². The predicted molar refractivity (Wildman–Crippen MR) is 79.7 cm³/mol. The zero-order valence-electron chi connectivity index (χ0n) is 12.2. The van der Waals surface area contributed by atoms with Crippen LogP contribution in [0.5, 0.6) is 0 Å². The van der Waals surface area contributed by atoms with E-state index < -0.39 is 17.7 Å². The van der Waals surface area contributed by atoms with Crippen LogP contribution in [0.2, 0.25) is 0 Å². The third-order valence-electron chi connectivity index (χ3n) is 3.22. The van der Waals surface area contributed by atoms with Crippen molar-refractivity contribution in [1.29, 1.82) is 0 Å². The Kier molecular flexibility index (Phi) is 5.39. The van der Waals surface area contributed by atoms with Gasteiger partial charge in [-0.1, -0.05) is 0 Å². The largest absolute Gasteiger partial charge is 0.383 e. The summed E-state index contributed by atoms with van der Waals surface area (Å²) in [7, 11) is 1.59. The maximum absolute atomic E-state index is 14.1. The minimum absolute atomic E-state index is 0.264. The maximum atomic E-state index is 14.1. The number of aromatic nitrogens is 1. The minimum Gasteiger partial charge on any atom is -0.383 e. The molecule has 3 nitrogen and oxygen atoms in total. The Balaban J connectivity index is 2.37. The van der Waals surface area contributed by atoms with Crippen molar-refractivity contribution in [3.63, 3.8) is 0 Å². The number of thiazole rings is 1. The lowest BCUT2D eigenvalue weighted by Gasteiger charge is -2.17. The van der Waals surface area contributed by atoms with Crippen LogP contribution in [0.25, 0.3) is 0 Å². The molecular formula is C15H18F2N2OS. The second kappa shape index (κ2) is 7.06. The van der Waals surface area contributed by atoms with E-state index in [1.165, 1.54) is 17.4 Å². The number of rotatable bonds is 6. The van der Waals surface area contributed by atoms with E-state index in [-0.39, 0.29) is 5.56 Å². The number of methoxy groups -OCH3 is 1. The highest BCUT2D eigenvalue weighted by Gasteiger charge is 2.22. The van der Waals surface area contributed by atoms with Gasteiger partial charge < -0.3 is 10.1 Å². The molecule has 0 aliphatic rings. The predicted octanol–water partition coefficient (Wildman–Crippen LogP) is 3.36. The third kappa shape index (κ3) is 3.84. The zero-order valence-corrected chi connectivity index (χ0v) is 13.1. The van der Waals surface area contributed by atoms with E-state index in [2.05, 4.69) is 10.3 Å². The standard InChI is InChI=1S/C15H18F2N2OS/c1-9-10(2)21-15(19-9)14(18-6-7-20-3)12-8-11(16)4-5-13(12)17/h4-5,8,14,18H,6-7H2,1-3H3. The Morgan fingerprint density at radius 2 is 2.10 bits per heavy atom. The summed E-state index contributed by atoms with van der Waals surface area (Å²) in [5.74, 6) is -0.910. The van der Waals surface area contributed by atoms with Gasteiger partial charge in [0.1, 0.15) is 16.6 Å². The van der Waals surface area contributed by atoms with Crippen LogP contribution in [0.15, 0.2) is 18.2 Å². The summed E-state index contributed by atoms with van der Waals surface area (Å²) in [4.78, 5) is 5.53. The van der Waals surface area contributed by atoms with Gasteiger partial charge in [0.05, 0.1) is 18.3 Å². The number of halogens is 2. The molecule has 1 aromatic heterocycles. The molecule has 6 heteroatoms. The van der Waals surface area contributed by atoms with E-state index in [1.807, 2.05) is 13.8 Å². The second-order valence-corrected chi connectivity index (χ2v) is 5.97. The number of hydrogen-bond acceptors (Lipinski definition) is 4. The topological polar surface area (TPSA) is 34.1 Å². The monoisotopic (exact) mass is 312 g/mol. The molecule has 0 aliphatic carbocycles. The van der Waals surface area contributed by atoms with Crippen molar-refractivity contribution in [2.24, 2.45) is 0 Å². The van der Waals surface area contributed by atoms with Crippen LogP contribution in [0.4, 0.5) is 8.78 Å². The smallest absolute Gasteiger partial charge is 0.128 e. The number of hydrogen-bond donors (Lipinski definition) is 1. The highest BCUT2D eigenvalue weighted by Crippen LogP contribution is 2.29. The van der Waals surface area contributed by atoms with Gasteiger partial charge in [-0.05, 0) is 32.0 Å². The van der Waals surface area contributed by atoms with Gasteiger partial charge in [-0.2, -0.15) is 0 Å². The molecule has 1 unspecified atom stereocenters. The van der Waals surface area contributed by atoms with Gasteiger partial charge in [-0.3, -0.25) is 0 Å². The highest BCUT2D eigenvalue weighted by atomic mass is 32.1. The SMILES string of the molecule is COCCNC(c1nc(C)c(C)s1)c1cc(F)ccc1F. The van der Waals surface area contributed by atoms with Crippen LogP contribution in [-0.2, 0) is 4.74 Å². The Morgan fingerprint density at radius 1 is 1.33 bits per heavy atom. The molecule has 0 amide bonds. The van der Waals surface area contributed by atoms with Crippen molar-refractivity contribution in [1.82, 2.24) is 10.3 Å². The summed E-state index contributed by atoms with van der Waals surface area (Å²) in [5, 5.41) is 3.91. The van der Waals surface area contributed by atoms with Gasteiger partial charge in [0, 0.05) is 24.1 Å². The summed E-state index contributed by atoms with van der Waals surface area (Å²) in [5.41, 5.74) is 1.17. The normalized spacial score (nSPS) is 12.6. The first-order valence-electron chi connectivity index (χ1n) is 6.64. The van der Waals surface area contributed by atoms with Crippen LogP contribution in [-0.4, -0.2) is 25.2 Å². The molecule has 2 rings (SSSR count). The molecule has 0 spiro atoms. The van der Waals surface area contributed by atoms with E-state index in [4.69, 9.17) is 4.74 Å².